The van der Waals surface area contributed by atoms with E-state index >= 15 is 0 Å². The van der Waals surface area contributed by atoms with Crippen molar-refractivity contribution in [2.75, 3.05) is 33.4 Å². The van der Waals surface area contributed by atoms with Crippen molar-refractivity contribution < 1.29 is 14.6 Å². The van der Waals surface area contributed by atoms with Gasteiger partial charge in [-0.3, -0.25) is 0 Å². The van der Waals surface area contributed by atoms with Crippen molar-refractivity contribution in [3.63, 3.8) is 0 Å². The smallest absolute Gasteiger partial charge is 0.0963 e. The molecular formula is C14H25NO3. The lowest BCUT2D eigenvalue weighted by molar-refractivity contribution is -0.176. The minimum absolute atomic E-state index is 0.0102. The molecular weight excluding hydrogens is 230 g/mol. The average Bonchev–Trinajstić information content (AvgIpc) is 2.36. The van der Waals surface area contributed by atoms with Gasteiger partial charge in [0.25, 0.3) is 0 Å². The van der Waals surface area contributed by atoms with E-state index in [1.807, 2.05) is 0 Å². The van der Waals surface area contributed by atoms with Crippen LogP contribution in [0.3, 0.4) is 0 Å². The maximum atomic E-state index is 10.6. The SMILES string of the molecule is CN1CCOC(C(O)C2CCOC3(CCC3)C2)C1. The quantitative estimate of drug-likeness (QED) is 0.800. The lowest BCUT2D eigenvalue weighted by Crippen LogP contribution is -2.53. The number of morpholine rings is 1. The number of nitrogens with zero attached hydrogens (tertiary/aromatic N) is 1. The number of aliphatic hydroxyl groups is 1. The summed E-state index contributed by atoms with van der Waals surface area (Å²) in [5.74, 6) is 0.357. The van der Waals surface area contributed by atoms with Gasteiger partial charge >= 0.3 is 0 Å². The van der Waals surface area contributed by atoms with Crippen molar-refractivity contribution in [1.29, 1.82) is 0 Å². The lowest BCUT2D eigenvalue weighted by atomic mass is 9.70. The van der Waals surface area contributed by atoms with Crippen LogP contribution in [-0.4, -0.2) is 61.2 Å². The van der Waals surface area contributed by atoms with Crippen LogP contribution in [0.25, 0.3) is 0 Å². The molecule has 1 saturated carbocycles. The molecule has 18 heavy (non-hydrogen) atoms. The maximum absolute atomic E-state index is 10.6. The molecule has 4 heteroatoms. The number of hydrogen-bond acceptors (Lipinski definition) is 4. The average molecular weight is 255 g/mol. The van der Waals surface area contributed by atoms with Gasteiger partial charge in [0.05, 0.1) is 24.4 Å². The minimum Gasteiger partial charge on any atom is -0.390 e. The zero-order chi connectivity index (χ0) is 12.6. The van der Waals surface area contributed by atoms with Crippen molar-refractivity contribution in [1.82, 2.24) is 4.90 Å². The molecule has 3 unspecified atom stereocenters. The summed E-state index contributed by atoms with van der Waals surface area (Å²) < 4.78 is 11.7. The summed E-state index contributed by atoms with van der Waals surface area (Å²) in [6.07, 6.45) is 5.32. The first-order valence-electron chi connectivity index (χ1n) is 7.31. The first-order chi connectivity index (χ1) is 8.69. The van der Waals surface area contributed by atoms with Crippen LogP contribution in [0.15, 0.2) is 0 Å². The van der Waals surface area contributed by atoms with Crippen molar-refractivity contribution in [3.8, 4) is 0 Å². The highest BCUT2D eigenvalue weighted by Gasteiger charge is 2.45. The molecule has 3 aliphatic rings. The van der Waals surface area contributed by atoms with Crippen LogP contribution in [0.1, 0.15) is 32.1 Å². The molecule has 0 aromatic carbocycles. The monoisotopic (exact) mass is 255 g/mol. The molecule has 1 aliphatic carbocycles. The standard InChI is InChI=1S/C14H25NO3/c1-15-6-8-17-12(10-15)13(16)11-3-7-18-14(9-11)4-2-5-14/h11-13,16H,2-10H2,1H3. The third-order valence-corrected chi connectivity index (χ3v) is 4.96. The van der Waals surface area contributed by atoms with Crippen LogP contribution < -0.4 is 0 Å². The van der Waals surface area contributed by atoms with E-state index in [9.17, 15) is 5.11 Å². The number of hydrogen-bond donors (Lipinski definition) is 1. The molecule has 3 atom stereocenters. The normalized spacial score (nSPS) is 38.3. The van der Waals surface area contributed by atoms with E-state index in [1.165, 1.54) is 19.3 Å². The van der Waals surface area contributed by atoms with Crippen LogP contribution >= 0.6 is 0 Å². The molecule has 3 rings (SSSR count). The fraction of sp³-hybridized carbons (Fsp3) is 1.00. The van der Waals surface area contributed by atoms with Gasteiger partial charge in [0.15, 0.2) is 0 Å². The Hall–Kier alpha value is -0.160. The third-order valence-electron chi connectivity index (χ3n) is 4.96. The van der Waals surface area contributed by atoms with E-state index in [0.29, 0.717) is 5.92 Å². The summed E-state index contributed by atoms with van der Waals surface area (Å²) in [5.41, 5.74) is 0.116. The summed E-state index contributed by atoms with van der Waals surface area (Å²) in [6, 6.07) is 0. The summed E-state index contributed by atoms with van der Waals surface area (Å²) in [6.45, 7) is 3.38. The van der Waals surface area contributed by atoms with Crippen LogP contribution in [0.4, 0.5) is 0 Å². The number of rotatable bonds is 2. The van der Waals surface area contributed by atoms with Gasteiger partial charge in [-0.15, -0.1) is 0 Å². The number of likely N-dealkylation sites (N-methyl/N-ethyl adjacent to an activating group) is 1. The minimum atomic E-state index is -0.325. The fourth-order valence-corrected chi connectivity index (χ4v) is 3.60. The summed E-state index contributed by atoms with van der Waals surface area (Å²) >= 11 is 0. The molecule has 0 radical (unpaired) electrons. The molecule has 2 heterocycles. The Morgan fingerprint density at radius 3 is 2.83 bits per heavy atom. The number of aliphatic hydroxyl groups excluding tert-OH is 1. The molecule has 104 valence electrons. The second-order valence-electron chi connectivity index (χ2n) is 6.30. The van der Waals surface area contributed by atoms with Crippen LogP contribution in [0, 0.1) is 5.92 Å². The topological polar surface area (TPSA) is 41.9 Å². The Labute approximate surface area is 109 Å². The van der Waals surface area contributed by atoms with E-state index in [-0.39, 0.29) is 17.8 Å². The predicted octanol–water partition coefficient (Wildman–Crippen LogP) is 1.03. The van der Waals surface area contributed by atoms with Crippen molar-refractivity contribution >= 4 is 0 Å². The second-order valence-corrected chi connectivity index (χ2v) is 6.30. The molecule has 0 aromatic rings. The van der Waals surface area contributed by atoms with Crippen LogP contribution in [0.5, 0.6) is 0 Å². The predicted molar refractivity (Wildman–Crippen MR) is 68.5 cm³/mol. The first kappa shape index (κ1) is 12.9. The molecule has 2 saturated heterocycles. The first-order valence-corrected chi connectivity index (χ1v) is 7.31. The van der Waals surface area contributed by atoms with E-state index in [2.05, 4.69) is 11.9 Å². The molecule has 0 aromatic heterocycles. The van der Waals surface area contributed by atoms with Crippen LogP contribution in [0.2, 0.25) is 0 Å². The molecule has 2 aliphatic heterocycles. The molecule has 1 N–H and O–H groups in total. The van der Waals surface area contributed by atoms with Gasteiger partial charge in [0.1, 0.15) is 0 Å². The van der Waals surface area contributed by atoms with Crippen LogP contribution in [-0.2, 0) is 9.47 Å². The van der Waals surface area contributed by atoms with E-state index in [1.54, 1.807) is 0 Å². The molecule has 0 bridgehead atoms. The summed E-state index contributed by atoms with van der Waals surface area (Å²) in [4.78, 5) is 2.25. The molecule has 4 nitrogen and oxygen atoms in total. The van der Waals surface area contributed by atoms with E-state index < -0.39 is 0 Å². The van der Waals surface area contributed by atoms with E-state index in [4.69, 9.17) is 9.47 Å². The third kappa shape index (κ3) is 2.44. The second kappa shape index (κ2) is 5.08. The van der Waals surface area contributed by atoms with Gasteiger partial charge in [-0.2, -0.15) is 0 Å². The molecule has 0 amide bonds. The zero-order valence-electron chi connectivity index (χ0n) is 11.3. The maximum Gasteiger partial charge on any atom is 0.0963 e. The zero-order valence-corrected chi connectivity index (χ0v) is 11.3. The Morgan fingerprint density at radius 2 is 2.17 bits per heavy atom. The largest absolute Gasteiger partial charge is 0.390 e. The Morgan fingerprint density at radius 1 is 1.33 bits per heavy atom. The van der Waals surface area contributed by atoms with Crippen molar-refractivity contribution in [2.24, 2.45) is 5.92 Å². The van der Waals surface area contributed by atoms with Gasteiger partial charge in [-0.1, -0.05) is 0 Å². The fourth-order valence-electron chi connectivity index (χ4n) is 3.60. The highest BCUT2D eigenvalue weighted by molar-refractivity contribution is 4.97. The Bertz CT molecular complexity index is 293. The van der Waals surface area contributed by atoms with E-state index in [0.717, 1.165) is 39.1 Å². The lowest BCUT2D eigenvalue weighted by Gasteiger charge is -2.49. The van der Waals surface area contributed by atoms with Crippen molar-refractivity contribution in [3.05, 3.63) is 0 Å². The van der Waals surface area contributed by atoms with Gasteiger partial charge in [-0.25, -0.2) is 0 Å². The number of ether oxygens (including phenoxy) is 2. The van der Waals surface area contributed by atoms with Crippen molar-refractivity contribution in [2.45, 2.75) is 49.9 Å². The Balaban J connectivity index is 1.59. The van der Waals surface area contributed by atoms with Gasteiger partial charge in [-0.05, 0) is 45.1 Å². The van der Waals surface area contributed by atoms with Gasteiger partial charge < -0.3 is 19.5 Å². The summed E-state index contributed by atoms with van der Waals surface area (Å²) in [7, 11) is 2.10. The van der Waals surface area contributed by atoms with Gasteiger partial charge in [0.2, 0.25) is 0 Å². The summed E-state index contributed by atoms with van der Waals surface area (Å²) in [5, 5.41) is 10.6. The van der Waals surface area contributed by atoms with Gasteiger partial charge in [0, 0.05) is 19.7 Å². The highest BCUT2D eigenvalue weighted by atomic mass is 16.5. The highest BCUT2D eigenvalue weighted by Crippen LogP contribution is 2.45. The Kier molecular flexibility index (Phi) is 3.63. The molecule has 3 fully saturated rings. The molecule has 1 spiro atoms.